The molecule has 130 valence electrons. The van der Waals surface area contributed by atoms with Crippen LogP contribution in [0.4, 0.5) is 17.1 Å². The number of nitrogens with zero attached hydrogens (tertiary/aromatic N) is 2. The van der Waals surface area contributed by atoms with Gasteiger partial charge in [0.25, 0.3) is 5.91 Å². The van der Waals surface area contributed by atoms with Crippen molar-refractivity contribution in [3.8, 4) is 0 Å². The largest absolute Gasteiger partial charge is 0.340 e. The van der Waals surface area contributed by atoms with Gasteiger partial charge in [0.15, 0.2) is 0 Å². The van der Waals surface area contributed by atoms with E-state index in [1.165, 1.54) is 5.56 Å². The molecular weight excluding hydrogens is 369 g/mol. The van der Waals surface area contributed by atoms with Crippen LogP contribution in [0, 0.1) is 0 Å². The van der Waals surface area contributed by atoms with E-state index in [1.807, 2.05) is 18.2 Å². The Morgan fingerprint density at radius 2 is 1.92 bits per heavy atom. The number of rotatable bonds is 3. The molecule has 0 atom stereocenters. The number of nitrogens with one attached hydrogen (secondary N) is 1. The van der Waals surface area contributed by atoms with Crippen LogP contribution in [-0.2, 0) is 6.42 Å². The normalized spacial score (nSPS) is 12.8. The van der Waals surface area contributed by atoms with Gasteiger partial charge in [0.1, 0.15) is 0 Å². The predicted molar refractivity (Wildman–Crippen MR) is 106 cm³/mol. The molecule has 1 aliphatic rings. The van der Waals surface area contributed by atoms with Crippen molar-refractivity contribution in [2.75, 3.05) is 16.8 Å². The Morgan fingerprint density at radius 1 is 1.08 bits per heavy atom. The highest BCUT2D eigenvalue weighted by molar-refractivity contribution is 6.44. The Hall–Kier alpha value is -2.56. The van der Waals surface area contributed by atoms with Crippen molar-refractivity contribution in [2.45, 2.75) is 6.42 Å². The standard InChI is InChI=1S/C20H15Cl2N3O/c21-16-5-3-6-17(19(16)22)24-20(26)14-10-15(12-23-11-14)25-9-8-13-4-1-2-7-18(13)25/h1-7,10-12H,8-9H2,(H,24,26). The van der Waals surface area contributed by atoms with Gasteiger partial charge in [0.05, 0.1) is 33.2 Å². The lowest BCUT2D eigenvalue weighted by atomic mass is 10.2. The summed E-state index contributed by atoms with van der Waals surface area (Å²) in [5, 5.41) is 3.50. The van der Waals surface area contributed by atoms with E-state index in [-0.39, 0.29) is 5.91 Å². The zero-order valence-corrected chi connectivity index (χ0v) is 15.3. The number of para-hydroxylation sites is 1. The summed E-state index contributed by atoms with van der Waals surface area (Å²) >= 11 is 12.1. The third kappa shape index (κ3) is 3.14. The third-order valence-corrected chi connectivity index (χ3v) is 5.20. The second kappa shape index (κ2) is 6.98. The van der Waals surface area contributed by atoms with Crippen LogP contribution >= 0.6 is 23.2 Å². The van der Waals surface area contributed by atoms with Gasteiger partial charge >= 0.3 is 0 Å². The zero-order chi connectivity index (χ0) is 18.1. The fourth-order valence-electron chi connectivity index (χ4n) is 3.10. The summed E-state index contributed by atoms with van der Waals surface area (Å²) in [6, 6.07) is 15.2. The lowest BCUT2D eigenvalue weighted by Crippen LogP contribution is -2.16. The quantitative estimate of drug-likeness (QED) is 0.664. The van der Waals surface area contributed by atoms with Gasteiger partial charge in [-0.25, -0.2) is 0 Å². The number of carbonyl (C=O) groups is 1. The highest BCUT2D eigenvalue weighted by Gasteiger charge is 2.21. The number of pyridine rings is 1. The summed E-state index contributed by atoms with van der Waals surface area (Å²) in [6.07, 6.45) is 4.29. The van der Waals surface area contributed by atoms with Gasteiger partial charge in [0, 0.05) is 18.4 Å². The van der Waals surface area contributed by atoms with E-state index in [1.54, 1.807) is 30.6 Å². The van der Waals surface area contributed by atoms with E-state index in [0.717, 1.165) is 24.3 Å². The fourth-order valence-corrected chi connectivity index (χ4v) is 3.45. The van der Waals surface area contributed by atoms with E-state index in [4.69, 9.17) is 23.2 Å². The third-order valence-electron chi connectivity index (χ3n) is 4.38. The Kier molecular flexibility index (Phi) is 4.53. The van der Waals surface area contributed by atoms with E-state index in [2.05, 4.69) is 27.3 Å². The van der Waals surface area contributed by atoms with Crippen LogP contribution < -0.4 is 10.2 Å². The Labute approximate surface area is 161 Å². The van der Waals surface area contributed by atoms with Gasteiger partial charge in [-0.05, 0) is 36.2 Å². The molecule has 2 aromatic carbocycles. The molecule has 6 heteroatoms. The number of benzene rings is 2. The van der Waals surface area contributed by atoms with Crippen molar-refractivity contribution in [1.82, 2.24) is 4.98 Å². The maximum absolute atomic E-state index is 12.6. The van der Waals surface area contributed by atoms with Crippen LogP contribution in [0.1, 0.15) is 15.9 Å². The molecule has 0 saturated carbocycles. The molecule has 0 saturated heterocycles. The first kappa shape index (κ1) is 16.9. The molecule has 1 N–H and O–H groups in total. The highest BCUT2D eigenvalue weighted by Crippen LogP contribution is 2.34. The SMILES string of the molecule is O=C(Nc1cccc(Cl)c1Cl)c1cncc(N2CCc3ccccc32)c1. The maximum atomic E-state index is 12.6. The molecule has 1 aromatic heterocycles. The van der Waals surface area contributed by atoms with Crippen molar-refractivity contribution in [3.05, 3.63) is 82.1 Å². The van der Waals surface area contributed by atoms with Gasteiger partial charge in [-0.3, -0.25) is 9.78 Å². The number of amides is 1. The first-order valence-corrected chi connectivity index (χ1v) is 8.95. The minimum Gasteiger partial charge on any atom is -0.340 e. The maximum Gasteiger partial charge on any atom is 0.257 e. The minimum atomic E-state index is -0.281. The summed E-state index contributed by atoms with van der Waals surface area (Å²) in [6.45, 7) is 0.867. The average molecular weight is 384 g/mol. The van der Waals surface area contributed by atoms with Gasteiger partial charge < -0.3 is 10.2 Å². The highest BCUT2D eigenvalue weighted by atomic mass is 35.5. The molecule has 3 aromatic rings. The number of halogens is 2. The lowest BCUT2D eigenvalue weighted by Gasteiger charge is -2.19. The topological polar surface area (TPSA) is 45.2 Å². The summed E-state index contributed by atoms with van der Waals surface area (Å²) in [7, 11) is 0. The van der Waals surface area contributed by atoms with E-state index >= 15 is 0 Å². The number of fused-ring (bicyclic) bond motifs is 1. The molecule has 1 aliphatic heterocycles. The van der Waals surface area contributed by atoms with Crippen LogP contribution in [-0.4, -0.2) is 17.4 Å². The Balaban J connectivity index is 1.60. The van der Waals surface area contributed by atoms with Crippen molar-refractivity contribution >= 4 is 46.2 Å². The zero-order valence-electron chi connectivity index (χ0n) is 13.7. The molecule has 4 nitrogen and oxygen atoms in total. The molecule has 0 unspecified atom stereocenters. The number of hydrogen-bond donors (Lipinski definition) is 1. The van der Waals surface area contributed by atoms with E-state index in [0.29, 0.717) is 21.3 Å². The molecule has 0 radical (unpaired) electrons. The molecular formula is C20H15Cl2N3O. The number of carbonyl (C=O) groups excluding carboxylic acids is 1. The van der Waals surface area contributed by atoms with Gasteiger partial charge in [0.2, 0.25) is 0 Å². The molecule has 2 heterocycles. The van der Waals surface area contributed by atoms with E-state index < -0.39 is 0 Å². The summed E-state index contributed by atoms with van der Waals surface area (Å²) < 4.78 is 0. The smallest absolute Gasteiger partial charge is 0.257 e. The Bertz CT molecular complexity index is 990. The first-order chi connectivity index (χ1) is 12.6. The number of hydrogen-bond acceptors (Lipinski definition) is 3. The molecule has 4 rings (SSSR count). The first-order valence-electron chi connectivity index (χ1n) is 8.19. The second-order valence-corrected chi connectivity index (χ2v) is 6.80. The van der Waals surface area contributed by atoms with Gasteiger partial charge in [-0.2, -0.15) is 0 Å². The van der Waals surface area contributed by atoms with E-state index in [9.17, 15) is 4.79 Å². The van der Waals surface area contributed by atoms with Crippen LogP contribution in [0.25, 0.3) is 0 Å². The molecule has 26 heavy (non-hydrogen) atoms. The van der Waals surface area contributed by atoms with Crippen LogP contribution in [0.3, 0.4) is 0 Å². The molecule has 0 aliphatic carbocycles. The van der Waals surface area contributed by atoms with Crippen molar-refractivity contribution in [1.29, 1.82) is 0 Å². The monoisotopic (exact) mass is 383 g/mol. The van der Waals surface area contributed by atoms with Gasteiger partial charge in [-0.1, -0.05) is 47.5 Å². The predicted octanol–water partition coefficient (Wildman–Crippen LogP) is 5.33. The van der Waals surface area contributed by atoms with Gasteiger partial charge in [-0.15, -0.1) is 0 Å². The minimum absolute atomic E-state index is 0.281. The number of aromatic nitrogens is 1. The van der Waals surface area contributed by atoms with Crippen molar-refractivity contribution in [3.63, 3.8) is 0 Å². The van der Waals surface area contributed by atoms with Crippen LogP contribution in [0.15, 0.2) is 60.9 Å². The molecule has 0 spiro atoms. The summed E-state index contributed by atoms with van der Waals surface area (Å²) in [4.78, 5) is 19.0. The van der Waals surface area contributed by atoms with Crippen molar-refractivity contribution < 1.29 is 4.79 Å². The molecule has 0 bridgehead atoms. The van der Waals surface area contributed by atoms with Crippen molar-refractivity contribution in [2.24, 2.45) is 0 Å². The number of anilines is 3. The Morgan fingerprint density at radius 3 is 2.81 bits per heavy atom. The lowest BCUT2D eigenvalue weighted by molar-refractivity contribution is 0.102. The molecule has 0 fully saturated rings. The second-order valence-electron chi connectivity index (χ2n) is 6.02. The van der Waals surface area contributed by atoms with Crippen LogP contribution in [0.2, 0.25) is 10.0 Å². The average Bonchev–Trinajstić information content (AvgIpc) is 3.10. The van der Waals surface area contributed by atoms with Crippen LogP contribution in [0.5, 0.6) is 0 Å². The molecule has 1 amide bonds. The fraction of sp³-hybridized carbons (Fsp3) is 0.100. The summed E-state index contributed by atoms with van der Waals surface area (Å²) in [5.74, 6) is -0.281. The summed E-state index contributed by atoms with van der Waals surface area (Å²) in [5.41, 5.74) is 4.28.